The second-order valence-corrected chi connectivity index (χ2v) is 5.48. The summed E-state index contributed by atoms with van der Waals surface area (Å²) in [5.74, 6) is 0. The van der Waals surface area contributed by atoms with Gasteiger partial charge in [-0.25, -0.2) is 0 Å². The van der Waals surface area contributed by atoms with Gasteiger partial charge < -0.3 is 11.5 Å². The Morgan fingerprint density at radius 3 is 1.30 bits per heavy atom. The third-order valence-corrected chi connectivity index (χ3v) is 3.59. The van der Waals surface area contributed by atoms with Gasteiger partial charge >= 0.3 is 0 Å². The molecule has 2 rings (SSSR count). The summed E-state index contributed by atoms with van der Waals surface area (Å²) >= 11 is 0. The van der Waals surface area contributed by atoms with E-state index in [4.69, 9.17) is 11.5 Å². The van der Waals surface area contributed by atoms with E-state index >= 15 is 0 Å². The van der Waals surface area contributed by atoms with Crippen LogP contribution in [-0.4, -0.2) is 12.1 Å². The minimum absolute atomic E-state index is 0.194. The molecule has 0 unspecified atom stereocenters. The summed E-state index contributed by atoms with van der Waals surface area (Å²) in [5, 5.41) is 0. The van der Waals surface area contributed by atoms with Gasteiger partial charge in [0.1, 0.15) is 0 Å². The molecule has 0 aliphatic carbocycles. The maximum Gasteiger partial charge on any atom is 0.00799 e. The van der Waals surface area contributed by atoms with Crippen LogP contribution in [0.4, 0.5) is 0 Å². The molecule has 0 spiro atoms. The van der Waals surface area contributed by atoms with Gasteiger partial charge in [-0.15, -0.1) is 0 Å². The molecule has 0 bridgehead atoms. The third-order valence-electron chi connectivity index (χ3n) is 3.59. The number of hydrogen-bond acceptors (Lipinski definition) is 2. The molecule has 4 N–H and O–H groups in total. The summed E-state index contributed by atoms with van der Waals surface area (Å²) in [7, 11) is 0. The van der Waals surface area contributed by atoms with Crippen molar-refractivity contribution in [2.45, 2.75) is 37.8 Å². The zero-order chi connectivity index (χ0) is 14.2. The second-order valence-electron chi connectivity index (χ2n) is 5.48. The van der Waals surface area contributed by atoms with Crippen LogP contribution in [0, 0.1) is 0 Å². The first-order valence-electron chi connectivity index (χ1n) is 7.33. The molecule has 0 aromatic heterocycles. The van der Waals surface area contributed by atoms with Crippen LogP contribution in [0.3, 0.4) is 0 Å². The minimum atomic E-state index is 0.194. The average Bonchev–Trinajstić information content (AvgIpc) is 2.47. The molecule has 0 amide bonds. The van der Waals surface area contributed by atoms with E-state index in [-0.39, 0.29) is 12.1 Å². The van der Waals surface area contributed by atoms with Gasteiger partial charge in [0.05, 0.1) is 0 Å². The molecule has 2 aromatic carbocycles. The van der Waals surface area contributed by atoms with Crippen LogP contribution in [-0.2, 0) is 12.8 Å². The summed E-state index contributed by atoms with van der Waals surface area (Å²) in [6.45, 7) is 0. The zero-order valence-corrected chi connectivity index (χ0v) is 11.9. The maximum atomic E-state index is 6.19. The van der Waals surface area contributed by atoms with Gasteiger partial charge in [-0.1, -0.05) is 60.7 Å². The molecule has 2 aromatic rings. The minimum Gasteiger partial charge on any atom is -0.327 e. The molecule has 0 heterocycles. The van der Waals surface area contributed by atoms with Gasteiger partial charge in [0.25, 0.3) is 0 Å². The Morgan fingerprint density at radius 1 is 0.600 bits per heavy atom. The van der Waals surface area contributed by atoms with Crippen molar-refractivity contribution in [3.05, 3.63) is 71.8 Å². The number of nitrogens with two attached hydrogens (primary N) is 2. The molecule has 0 saturated carbocycles. The fourth-order valence-corrected chi connectivity index (χ4v) is 2.47. The Morgan fingerprint density at radius 2 is 0.950 bits per heavy atom. The molecule has 0 fully saturated rings. The highest BCUT2D eigenvalue weighted by molar-refractivity contribution is 5.16. The smallest absolute Gasteiger partial charge is 0.00799 e. The predicted molar refractivity (Wildman–Crippen MR) is 85.5 cm³/mol. The van der Waals surface area contributed by atoms with Crippen LogP contribution in [0.25, 0.3) is 0 Å². The molecule has 2 nitrogen and oxygen atoms in total. The van der Waals surface area contributed by atoms with Crippen LogP contribution >= 0.6 is 0 Å². The van der Waals surface area contributed by atoms with E-state index in [1.54, 1.807) is 0 Å². The van der Waals surface area contributed by atoms with Crippen LogP contribution in [0.2, 0.25) is 0 Å². The van der Waals surface area contributed by atoms with Gasteiger partial charge in [-0.3, -0.25) is 0 Å². The highest BCUT2D eigenvalue weighted by atomic mass is 14.7. The molecule has 0 radical (unpaired) electrons. The maximum absolute atomic E-state index is 6.19. The Labute approximate surface area is 121 Å². The third kappa shape index (κ3) is 5.16. The molecular formula is C18H24N2. The lowest BCUT2D eigenvalue weighted by Crippen LogP contribution is -2.29. The summed E-state index contributed by atoms with van der Waals surface area (Å²) in [6.07, 6.45) is 3.81. The van der Waals surface area contributed by atoms with Gasteiger partial charge in [0, 0.05) is 12.1 Å². The van der Waals surface area contributed by atoms with Gasteiger partial charge in [0.15, 0.2) is 0 Å². The molecule has 0 aliphatic rings. The van der Waals surface area contributed by atoms with Crippen LogP contribution < -0.4 is 11.5 Å². The fraction of sp³-hybridized carbons (Fsp3) is 0.333. The molecule has 0 aliphatic heterocycles. The van der Waals surface area contributed by atoms with Gasteiger partial charge in [-0.2, -0.15) is 0 Å². The van der Waals surface area contributed by atoms with E-state index in [1.165, 1.54) is 11.1 Å². The van der Waals surface area contributed by atoms with E-state index in [0.29, 0.717) is 0 Å². The molecular weight excluding hydrogens is 244 g/mol. The van der Waals surface area contributed by atoms with E-state index in [1.807, 2.05) is 12.1 Å². The zero-order valence-electron chi connectivity index (χ0n) is 11.9. The molecule has 0 saturated heterocycles. The predicted octanol–water partition coefficient (Wildman–Crippen LogP) is 2.91. The lowest BCUT2D eigenvalue weighted by molar-refractivity contribution is 0.514. The van der Waals surface area contributed by atoms with E-state index in [0.717, 1.165) is 25.7 Å². The standard InChI is InChI=1S/C18H24N2/c19-17(13-15-7-3-1-4-8-15)11-12-18(20)14-16-9-5-2-6-10-16/h1-10,17-18H,11-14,19-20H2/t17-,18-/m0/s1. The van der Waals surface area contributed by atoms with E-state index < -0.39 is 0 Å². The average molecular weight is 268 g/mol. The lowest BCUT2D eigenvalue weighted by atomic mass is 9.97. The van der Waals surface area contributed by atoms with Gasteiger partial charge in [-0.05, 0) is 36.8 Å². The van der Waals surface area contributed by atoms with E-state index in [9.17, 15) is 0 Å². The van der Waals surface area contributed by atoms with Crippen molar-refractivity contribution in [1.29, 1.82) is 0 Å². The van der Waals surface area contributed by atoms with Crippen LogP contribution in [0.1, 0.15) is 24.0 Å². The normalized spacial score (nSPS) is 13.9. The van der Waals surface area contributed by atoms with Crippen molar-refractivity contribution in [3.63, 3.8) is 0 Å². The molecule has 2 atom stereocenters. The van der Waals surface area contributed by atoms with Crippen molar-refractivity contribution < 1.29 is 0 Å². The molecule has 20 heavy (non-hydrogen) atoms. The Balaban J connectivity index is 1.71. The second kappa shape index (κ2) is 7.83. The largest absolute Gasteiger partial charge is 0.327 e. The van der Waals surface area contributed by atoms with E-state index in [2.05, 4.69) is 48.5 Å². The van der Waals surface area contributed by atoms with Crippen molar-refractivity contribution in [2.75, 3.05) is 0 Å². The number of benzene rings is 2. The highest BCUT2D eigenvalue weighted by Crippen LogP contribution is 2.10. The molecule has 2 heteroatoms. The van der Waals surface area contributed by atoms with Crippen molar-refractivity contribution in [3.8, 4) is 0 Å². The Kier molecular flexibility index (Phi) is 5.78. The van der Waals surface area contributed by atoms with Crippen molar-refractivity contribution >= 4 is 0 Å². The summed E-state index contributed by atoms with van der Waals surface area (Å²) in [4.78, 5) is 0. The summed E-state index contributed by atoms with van der Waals surface area (Å²) < 4.78 is 0. The Hall–Kier alpha value is -1.64. The quantitative estimate of drug-likeness (QED) is 0.811. The monoisotopic (exact) mass is 268 g/mol. The van der Waals surface area contributed by atoms with Crippen molar-refractivity contribution in [1.82, 2.24) is 0 Å². The molecule has 106 valence electrons. The first-order valence-corrected chi connectivity index (χ1v) is 7.33. The number of rotatable bonds is 7. The van der Waals surface area contributed by atoms with Crippen LogP contribution in [0.5, 0.6) is 0 Å². The fourth-order valence-electron chi connectivity index (χ4n) is 2.47. The Bertz CT molecular complexity index is 434. The van der Waals surface area contributed by atoms with Gasteiger partial charge in [0.2, 0.25) is 0 Å². The van der Waals surface area contributed by atoms with Crippen LogP contribution in [0.15, 0.2) is 60.7 Å². The SMILES string of the molecule is N[C@@H](CC[C@H](N)Cc1ccccc1)Cc1ccccc1. The summed E-state index contributed by atoms with van der Waals surface area (Å²) in [5.41, 5.74) is 15.0. The first kappa shape index (κ1) is 14.8. The topological polar surface area (TPSA) is 52.0 Å². The number of hydrogen-bond donors (Lipinski definition) is 2. The summed E-state index contributed by atoms with van der Waals surface area (Å²) in [6, 6.07) is 21.2. The first-order chi connectivity index (χ1) is 9.74. The lowest BCUT2D eigenvalue weighted by Gasteiger charge is -2.16. The van der Waals surface area contributed by atoms with Crippen molar-refractivity contribution in [2.24, 2.45) is 11.5 Å². The highest BCUT2D eigenvalue weighted by Gasteiger charge is 2.08.